The summed E-state index contributed by atoms with van der Waals surface area (Å²) in [6.07, 6.45) is 0.602. The van der Waals surface area contributed by atoms with Crippen molar-refractivity contribution in [1.82, 2.24) is 0 Å². The predicted molar refractivity (Wildman–Crippen MR) is 72.2 cm³/mol. The molecule has 18 heavy (non-hydrogen) atoms. The summed E-state index contributed by atoms with van der Waals surface area (Å²) in [4.78, 5) is 9.82. The number of hydrogen-bond donors (Lipinski definition) is 0. The molecule has 1 aromatic heterocycles. The normalized spacial score (nSPS) is 12.3. The Morgan fingerprint density at radius 1 is 1.33 bits per heavy atom. The van der Waals surface area contributed by atoms with Gasteiger partial charge in [-0.05, 0) is 24.1 Å². The standard InChI is InChI=1S/C12H9BrClNO3/c13-9(7-8-3-1-2-4-10(8)14)11-5-6-12(18-11)15(16)17/h1-6,9H,7H2. The minimum Gasteiger partial charge on any atom is -0.405 e. The van der Waals surface area contributed by atoms with Gasteiger partial charge in [-0.25, -0.2) is 0 Å². The number of furan rings is 1. The lowest BCUT2D eigenvalue weighted by atomic mass is 10.1. The Morgan fingerprint density at radius 3 is 2.67 bits per heavy atom. The van der Waals surface area contributed by atoms with Crippen LogP contribution < -0.4 is 0 Å². The second kappa shape index (κ2) is 5.54. The van der Waals surface area contributed by atoms with Gasteiger partial charge in [0.15, 0.2) is 0 Å². The maximum atomic E-state index is 10.5. The third kappa shape index (κ3) is 2.91. The van der Waals surface area contributed by atoms with Gasteiger partial charge >= 0.3 is 5.88 Å². The first-order valence-corrected chi connectivity index (χ1v) is 6.49. The third-order valence-corrected chi connectivity index (χ3v) is 3.60. The highest BCUT2D eigenvalue weighted by molar-refractivity contribution is 9.09. The number of benzene rings is 1. The monoisotopic (exact) mass is 329 g/mol. The molecule has 4 nitrogen and oxygen atoms in total. The highest BCUT2D eigenvalue weighted by Crippen LogP contribution is 2.32. The second-order valence-corrected chi connectivity index (χ2v) is 5.21. The van der Waals surface area contributed by atoms with Crippen LogP contribution in [0.25, 0.3) is 0 Å². The molecule has 0 saturated heterocycles. The van der Waals surface area contributed by atoms with E-state index in [-0.39, 0.29) is 10.7 Å². The summed E-state index contributed by atoms with van der Waals surface area (Å²) in [7, 11) is 0. The predicted octanol–water partition coefficient (Wildman–Crippen LogP) is 4.52. The van der Waals surface area contributed by atoms with Crippen LogP contribution in [-0.4, -0.2) is 4.92 Å². The molecule has 0 saturated carbocycles. The molecule has 2 aromatic rings. The van der Waals surface area contributed by atoms with Crippen molar-refractivity contribution in [1.29, 1.82) is 0 Å². The van der Waals surface area contributed by atoms with E-state index in [4.69, 9.17) is 16.0 Å². The van der Waals surface area contributed by atoms with Crippen molar-refractivity contribution in [2.75, 3.05) is 0 Å². The summed E-state index contributed by atoms with van der Waals surface area (Å²) in [5, 5.41) is 11.2. The minimum absolute atomic E-state index is 0.147. The zero-order valence-electron chi connectivity index (χ0n) is 9.18. The van der Waals surface area contributed by atoms with E-state index < -0.39 is 4.92 Å². The van der Waals surface area contributed by atoms with Crippen LogP contribution in [0.5, 0.6) is 0 Å². The summed E-state index contributed by atoms with van der Waals surface area (Å²) >= 11 is 9.50. The Kier molecular flexibility index (Phi) is 4.04. The molecular weight excluding hydrogens is 321 g/mol. The molecule has 0 aliphatic carbocycles. The van der Waals surface area contributed by atoms with E-state index in [0.29, 0.717) is 17.2 Å². The smallest absolute Gasteiger partial charge is 0.405 e. The maximum absolute atomic E-state index is 10.5. The molecule has 0 N–H and O–H groups in total. The molecule has 0 aliphatic rings. The highest BCUT2D eigenvalue weighted by atomic mass is 79.9. The zero-order valence-corrected chi connectivity index (χ0v) is 11.5. The van der Waals surface area contributed by atoms with E-state index in [0.717, 1.165) is 5.56 Å². The van der Waals surface area contributed by atoms with Crippen molar-refractivity contribution in [3.8, 4) is 0 Å². The van der Waals surface area contributed by atoms with Gasteiger partial charge in [0, 0.05) is 5.02 Å². The van der Waals surface area contributed by atoms with Crippen LogP contribution in [0, 0.1) is 10.1 Å². The van der Waals surface area contributed by atoms with Gasteiger partial charge in [-0.1, -0.05) is 45.7 Å². The van der Waals surface area contributed by atoms with Crippen molar-refractivity contribution < 1.29 is 9.34 Å². The molecule has 0 bridgehead atoms. The lowest BCUT2D eigenvalue weighted by molar-refractivity contribution is -0.402. The van der Waals surface area contributed by atoms with Crippen molar-refractivity contribution in [3.05, 3.63) is 62.9 Å². The first kappa shape index (κ1) is 13.1. The number of halogens is 2. The SMILES string of the molecule is O=[N+]([O-])c1ccc(C(Br)Cc2ccccc2Cl)o1. The van der Waals surface area contributed by atoms with Crippen molar-refractivity contribution in [2.24, 2.45) is 0 Å². The largest absolute Gasteiger partial charge is 0.433 e. The van der Waals surface area contributed by atoms with E-state index in [1.165, 1.54) is 6.07 Å². The van der Waals surface area contributed by atoms with E-state index in [1.807, 2.05) is 18.2 Å². The summed E-state index contributed by atoms with van der Waals surface area (Å²) in [6.45, 7) is 0. The molecule has 2 rings (SSSR count). The van der Waals surface area contributed by atoms with E-state index in [9.17, 15) is 10.1 Å². The molecule has 1 atom stereocenters. The molecule has 1 aromatic carbocycles. The Balaban J connectivity index is 2.14. The summed E-state index contributed by atoms with van der Waals surface area (Å²) in [5.74, 6) is 0.259. The third-order valence-electron chi connectivity index (χ3n) is 2.46. The molecule has 94 valence electrons. The number of nitrogens with zero attached hydrogens (tertiary/aromatic N) is 1. The lowest BCUT2D eigenvalue weighted by Crippen LogP contribution is -1.94. The van der Waals surface area contributed by atoms with Crippen LogP contribution in [0.1, 0.15) is 16.2 Å². The topological polar surface area (TPSA) is 56.3 Å². The number of rotatable bonds is 4. The number of alkyl halides is 1. The second-order valence-electron chi connectivity index (χ2n) is 3.70. The zero-order chi connectivity index (χ0) is 13.1. The van der Waals surface area contributed by atoms with Gasteiger partial charge in [-0.3, -0.25) is 10.1 Å². The van der Waals surface area contributed by atoms with Crippen molar-refractivity contribution in [2.45, 2.75) is 11.2 Å². The van der Waals surface area contributed by atoms with Crippen LogP contribution in [0.15, 0.2) is 40.8 Å². The molecule has 0 spiro atoms. The number of hydrogen-bond acceptors (Lipinski definition) is 3. The summed E-state index contributed by atoms with van der Waals surface area (Å²) in [6, 6.07) is 10.4. The van der Waals surface area contributed by atoms with E-state index >= 15 is 0 Å². The fourth-order valence-electron chi connectivity index (χ4n) is 1.57. The molecule has 6 heteroatoms. The van der Waals surface area contributed by atoms with Crippen LogP contribution >= 0.6 is 27.5 Å². The van der Waals surface area contributed by atoms with Crippen molar-refractivity contribution >= 4 is 33.4 Å². The van der Waals surface area contributed by atoms with Gasteiger partial charge in [0.25, 0.3) is 0 Å². The Bertz CT molecular complexity index is 570. The van der Waals surface area contributed by atoms with E-state index in [2.05, 4.69) is 15.9 Å². The summed E-state index contributed by atoms with van der Waals surface area (Å²) in [5.41, 5.74) is 0.958. The van der Waals surface area contributed by atoms with Crippen LogP contribution in [0.2, 0.25) is 5.02 Å². The average Bonchev–Trinajstić information content (AvgIpc) is 2.81. The molecule has 0 fully saturated rings. The first-order chi connectivity index (χ1) is 8.58. The Hall–Kier alpha value is -1.33. The fourth-order valence-corrected chi connectivity index (χ4v) is 2.37. The molecule has 1 unspecified atom stereocenters. The lowest BCUT2D eigenvalue weighted by Gasteiger charge is -2.07. The van der Waals surface area contributed by atoms with Crippen molar-refractivity contribution in [3.63, 3.8) is 0 Å². The van der Waals surface area contributed by atoms with Gasteiger partial charge in [0.1, 0.15) is 10.7 Å². The fraction of sp³-hybridized carbons (Fsp3) is 0.167. The van der Waals surface area contributed by atoms with Gasteiger partial charge < -0.3 is 4.42 Å². The Morgan fingerprint density at radius 2 is 2.06 bits per heavy atom. The van der Waals surface area contributed by atoms with Gasteiger partial charge in [0.05, 0.1) is 10.9 Å². The summed E-state index contributed by atoms with van der Waals surface area (Å²) < 4.78 is 5.13. The van der Waals surface area contributed by atoms with Crippen LogP contribution in [0.3, 0.4) is 0 Å². The highest BCUT2D eigenvalue weighted by Gasteiger charge is 2.18. The quantitative estimate of drug-likeness (QED) is 0.470. The average molecular weight is 331 g/mol. The van der Waals surface area contributed by atoms with E-state index in [1.54, 1.807) is 12.1 Å². The van der Waals surface area contributed by atoms with Crippen LogP contribution in [-0.2, 0) is 6.42 Å². The Labute approximate surface area is 117 Å². The molecule has 0 amide bonds. The van der Waals surface area contributed by atoms with Crippen LogP contribution in [0.4, 0.5) is 5.88 Å². The molecular formula is C12H9BrClNO3. The first-order valence-electron chi connectivity index (χ1n) is 5.19. The molecule has 0 aliphatic heterocycles. The minimum atomic E-state index is -0.557. The molecule has 0 radical (unpaired) electrons. The molecule has 1 heterocycles. The van der Waals surface area contributed by atoms with Gasteiger partial charge in [-0.2, -0.15) is 0 Å². The van der Waals surface area contributed by atoms with Gasteiger partial charge in [0.2, 0.25) is 0 Å². The maximum Gasteiger partial charge on any atom is 0.433 e. The van der Waals surface area contributed by atoms with Gasteiger partial charge in [-0.15, -0.1) is 0 Å². The number of nitro groups is 1.